The zero-order valence-electron chi connectivity index (χ0n) is 11.4. The van der Waals surface area contributed by atoms with E-state index in [2.05, 4.69) is 10.1 Å². The maximum atomic E-state index is 12.7. The van der Waals surface area contributed by atoms with Gasteiger partial charge in [0.05, 0.1) is 5.52 Å². The van der Waals surface area contributed by atoms with Crippen LogP contribution in [0.2, 0.25) is 0 Å². The fourth-order valence-corrected chi connectivity index (χ4v) is 2.29. The van der Waals surface area contributed by atoms with Gasteiger partial charge in [-0.2, -0.15) is 18.3 Å². The largest absolute Gasteiger partial charge is 0.435 e. The molecule has 3 nitrogen and oxygen atoms in total. The number of rotatable bonds is 1. The minimum atomic E-state index is -4.46. The van der Waals surface area contributed by atoms with E-state index in [0.29, 0.717) is 11.5 Å². The second kappa shape index (κ2) is 4.58. The molecule has 0 atom stereocenters. The van der Waals surface area contributed by atoms with Crippen LogP contribution in [-0.2, 0) is 6.18 Å². The number of halogens is 3. The predicted molar refractivity (Wildman–Crippen MR) is 73.3 cm³/mol. The first-order chi connectivity index (χ1) is 9.86. The molecule has 1 aromatic carbocycles. The lowest BCUT2D eigenvalue weighted by Crippen LogP contribution is -2.08. The molecule has 0 aliphatic heterocycles. The third kappa shape index (κ3) is 2.37. The summed E-state index contributed by atoms with van der Waals surface area (Å²) in [5.74, 6) is 0.388. The fraction of sp³-hybridized carbons (Fsp3) is 0.200. The Morgan fingerprint density at radius 1 is 1.05 bits per heavy atom. The van der Waals surface area contributed by atoms with E-state index in [0.717, 1.165) is 22.5 Å². The number of hydrogen-bond donors (Lipinski definition) is 0. The molecule has 0 saturated heterocycles. The first-order valence-electron chi connectivity index (χ1n) is 6.37. The van der Waals surface area contributed by atoms with Gasteiger partial charge in [-0.25, -0.2) is 9.67 Å². The van der Waals surface area contributed by atoms with Crippen LogP contribution in [0.3, 0.4) is 0 Å². The summed E-state index contributed by atoms with van der Waals surface area (Å²) in [6.45, 7) is 3.48. The standard InChI is InChI=1S/C15H12F3N3/c1-9-7-14(19-12-6-4-3-5-11(9)12)21-10(2)8-13(20-21)15(16,17)18/h3-8H,1-2H3. The number of para-hydroxylation sites is 1. The summed E-state index contributed by atoms with van der Waals surface area (Å²) < 4.78 is 39.4. The molecule has 0 saturated carbocycles. The molecule has 0 radical (unpaired) electrons. The van der Waals surface area contributed by atoms with E-state index >= 15 is 0 Å². The van der Waals surface area contributed by atoms with Crippen LogP contribution >= 0.6 is 0 Å². The van der Waals surface area contributed by atoms with E-state index < -0.39 is 11.9 Å². The third-order valence-corrected chi connectivity index (χ3v) is 3.30. The summed E-state index contributed by atoms with van der Waals surface area (Å²) in [5, 5.41) is 4.60. The van der Waals surface area contributed by atoms with Gasteiger partial charge in [0.1, 0.15) is 0 Å². The summed E-state index contributed by atoms with van der Waals surface area (Å²) in [6, 6.07) is 10.3. The Labute approximate surface area is 119 Å². The van der Waals surface area contributed by atoms with Gasteiger partial charge in [0.15, 0.2) is 11.5 Å². The zero-order valence-corrected chi connectivity index (χ0v) is 11.4. The predicted octanol–water partition coefficient (Wildman–Crippen LogP) is 4.06. The van der Waals surface area contributed by atoms with Gasteiger partial charge in [-0.15, -0.1) is 0 Å². The monoisotopic (exact) mass is 291 g/mol. The van der Waals surface area contributed by atoms with Crippen LogP contribution in [0.4, 0.5) is 13.2 Å². The molecule has 0 aliphatic carbocycles. The Bertz CT molecular complexity index is 819. The van der Waals surface area contributed by atoms with Crippen molar-refractivity contribution in [2.45, 2.75) is 20.0 Å². The molecule has 108 valence electrons. The maximum absolute atomic E-state index is 12.7. The molecule has 0 bridgehead atoms. The number of aromatic nitrogens is 3. The lowest BCUT2D eigenvalue weighted by atomic mass is 10.1. The van der Waals surface area contributed by atoms with E-state index in [9.17, 15) is 13.2 Å². The van der Waals surface area contributed by atoms with Gasteiger partial charge in [0.2, 0.25) is 0 Å². The molecule has 0 amide bonds. The Balaban J connectivity index is 2.19. The summed E-state index contributed by atoms with van der Waals surface area (Å²) in [4.78, 5) is 4.40. The average molecular weight is 291 g/mol. The lowest BCUT2D eigenvalue weighted by molar-refractivity contribution is -0.141. The summed E-state index contributed by atoms with van der Waals surface area (Å²) in [5.41, 5.74) is 1.16. The number of nitrogens with zero attached hydrogens (tertiary/aromatic N) is 3. The van der Waals surface area contributed by atoms with E-state index in [1.807, 2.05) is 31.2 Å². The Morgan fingerprint density at radius 2 is 1.76 bits per heavy atom. The van der Waals surface area contributed by atoms with Crippen molar-refractivity contribution in [1.82, 2.24) is 14.8 Å². The van der Waals surface area contributed by atoms with Crippen LogP contribution in [-0.4, -0.2) is 14.8 Å². The van der Waals surface area contributed by atoms with Gasteiger partial charge in [-0.05, 0) is 37.6 Å². The molecule has 2 aromatic heterocycles. The van der Waals surface area contributed by atoms with Gasteiger partial charge in [0.25, 0.3) is 0 Å². The quantitative estimate of drug-likeness (QED) is 0.677. The minimum absolute atomic E-state index is 0.388. The molecular weight excluding hydrogens is 279 g/mol. The first-order valence-corrected chi connectivity index (χ1v) is 6.37. The van der Waals surface area contributed by atoms with Gasteiger partial charge in [-0.3, -0.25) is 0 Å². The van der Waals surface area contributed by atoms with Crippen molar-refractivity contribution in [2.75, 3.05) is 0 Å². The van der Waals surface area contributed by atoms with Gasteiger partial charge >= 0.3 is 6.18 Å². The van der Waals surface area contributed by atoms with Crippen LogP contribution in [0.25, 0.3) is 16.7 Å². The van der Waals surface area contributed by atoms with Crippen LogP contribution in [0.15, 0.2) is 36.4 Å². The van der Waals surface area contributed by atoms with Crippen molar-refractivity contribution in [3.8, 4) is 5.82 Å². The van der Waals surface area contributed by atoms with Gasteiger partial charge < -0.3 is 0 Å². The van der Waals surface area contributed by atoms with Crippen molar-refractivity contribution >= 4 is 10.9 Å². The molecule has 21 heavy (non-hydrogen) atoms. The Kier molecular flexibility index (Phi) is 2.97. The average Bonchev–Trinajstić information content (AvgIpc) is 2.81. The number of aryl methyl sites for hydroxylation is 2. The Morgan fingerprint density at radius 3 is 2.43 bits per heavy atom. The second-order valence-electron chi connectivity index (χ2n) is 4.90. The highest BCUT2D eigenvalue weighted by Crippen LogP contribution is 2.29. The number of hydrogen-bond acceptors (Lipinski definition) is 2. The highest BCUT2D eigenvalue weighted by Gasteiger charge is 2.34. The molecule has 0 N–H and O–H groups in total. The molecule has 3 rings (SSSR count). The minimum Gasteiger partial charge on any atom is -0.229 e. The van der Waals surface area contributed by atoms with Crippen molar-refractivity contribution in [1.29, 1.82) is 0 Å². The van der Waals surface area contributed by atoms with Gasteiger partial charge in [-0.1, -0.05) is 18.2 Å². The third-order valence-electron chi connectivity index (χ3n) is 3.30. The fourth-order valence-electron chi connectivity index (χ4n) is 2.29. The molecular formula is C15H12F3N3. The lowest BCUT2D eigenvalue weighted by Gasteiger charge is -2.08. The van der Waals surface area contributed by atoms with Crippen LogP contribution in [0.5, 0.6) is 0 Å². The smallest absolute Gasteiger partial charge is 0.229 e. The molecule has 3 aromatic rings. The molecule has 0 fully saturated rings. The normalized spacial score (nSPS) is 12.0. The van der Waals surface area contributed by atoms with E-state index in [1.165, 1.54) is 4.68 Å². The van der Waals surface area contributed by atoms with Crippen molar-refractivity contribution in [2.24, 2.45) is 0 Å². The number of fused-ring (bicyclic) bond motifs is 1. The second-order valence-corrected chi connectivity index (χ2v) is 4.90. The van der Waals surface area contributed by atoms with Crippen LogP contribution in [0.1, 0.15) is 17.0 Å². The highest BCUT2D eigenvalue weighted by atomic mass is 19.4. The van der Waals surface area contributed by atoms with Crippen molar-refractivity contribution in [3.63, 3.8) is 0 Å². The molecule has 0 unspecified atom stereocenters. The summed E-state index contributed by atoms with van der Waals surface area (Å²) >= 11 is 0. The van der Waals surface area contributed by atoms with E-state index in [-0.39, 0.29) is 0 Å². The summed E-state index contributed by atoms with van der Waals surface area (Å²) in [6.07, 6.45) is -4.46. The zero-order chi connectivity index (χ0) is 15.2. The maximum Gasteiger partial charge on any atom is 0.435 e. The molecule has 6 heteroatoms. The van der Waals surface area contributed by atoms with E-state index in [1.54, 1.807) is 13.0 Å². The summed E-state index contributed by atoms with van der Waals surface area (Å²) in [7, 11) is 0. The SMILES string of the molecule is Cc1cc(-n2nc(C(F)(F)F)cc2C)nc2ccccc12. The van der Waals surface area contributed by atoms with Gasteiger partial charge in [0, 0.05) is 11.1 Å². The highest BCUT2D eigenvalue weighted by molar-refractivity contribution is 5.82. The molecule has 0 spiro atoms. The molecule has 2 heterocycles. The first kappa shape index (κ1) is 13.6. The van der Waals surface area contributed by atoms with Crippen molar-refractivity contribution in [3.05, 3.63) is 53.3 Å². The van der Waals surface area contributed by atoms with Crippen LogP contribution in [0, 0.1) is 13.8 Å². The number of pyridine rings is 1. The van der Waals surface area contributed by atoms with Crippen LogP contribution < -0.4 is 0 Å². The topological polar surface area (TPSA) is 30.7 Å². The molecule has 0 aliphatic rings. The number of benzene rings is 1. The number of alkyl halides is 3. The Hall–Kier alpha value is -2.37. The van der Waals surface area contributed by atoms with Crippen molar-refractivity contribution < 1.29 is 13.2 Å². The van der Waals surface area contributed by atoms with E-state index in [4.69, 9.17) is 0 Å².